The van der Waals surface area contributed by atoms with Gasteiger partial charge in [0.1, 0.15) is 17.4 Å². The van der Waals surface area contributed by atoms with Gasteiger partial charge >= 0.3 is 0 Å². The fraction of sp³-hybridized carbons (Fsp3) is 0.125. The Morgan fingerprint density at radius 3 is 2.62 bits per heavy atom. The molecule has 0 bridgehead atoms. The second-order valence-electron chi connectivity index (χ2n) is 4.66. The molecule has 0 amide bonds. The van der Waals surface area contributed by atoms with Gasteiger partial charge in [-0.25, -0.2) is 4.98 Å². The minimum absolute atomic E-state index is 0.316. The molecule has 0 fully saturated rings. The number of para-hydroxylation sites is 1. The van der Waals surface area contributed by atoms with Gasteiger partial charge in [-0.2, -0.15) is 5.26 Å². The second kappa shape index (κ2) is 5.88. The van der Waals surface area contributed by atoms with Crippen molar-refractivity contribution in [3.05, 3.63) is 63.9 Å². The van der Waals surface area contributed by atoms with Crippen molar-refractivity contribution in [3.8, 4) is 6.07 Å². The van der Waals surface area contributed by atoms with Gasteiger partial charge in [-0.05, 0) is 29.8 Å². The Balaban J connectivity index is 2.13. The summed E-state index contributed by atoms with van der Waals surface area (Å²) in [5, 5.41) is 9.19. The van der Waals surface area contributed by atoms with Gasteiger partial charge in [-0.15, -0.1) is 11.6 Å². The number of nitriles is 1. The first-order valence-electron chi connectivity index (χ1n) is 6.41. The third kappa shape index (κ3) is 2.67. The molecule has 2 aromatic carbocycles. The van der Waals surface area contributed by atoms with Crippen LogP contribution in [-0.4, -0.2) is 9.55 Å². The minimum atomic E-state index is 0.316. The monoisotopic (exact) mass is 359 g/mol. The van der Waals surface area contributed by atoms with E-state index in [9.17, 15) is 5.26 Å². The van der Waals surface area contributed by atoms with Crippen molar-refractivity contribution in [2.24, 2.45) is 0 Å². The lowest BCUT2D eigenvalue weighted by atomic mass is 10.2. The molecule has 0 aliphatic heterocycles. The molecule has 0 saturated heterocycles. The third-order valence-corrected chi connectivity index (χ3v) is 4.12. The molecular weight excluding hydrogens is 350 g/mol. The summed E-state index contributed by atoms with van der Waals surface area (Å²) >= 11 is 9.45. The summed E-state index contributed by atoms with van der Waals surface area (Å²) in [4.78, 5) is 4.51. The van der Waals surface area contributed by atoms with Crippen LogP contribution in [0.15, 0.2) is 46.9 Å². The molecule has 0 saturated carbocycles. The van der Waals surface area contributed by atoms with Crippen molar-refractivity contribution in [1.82, 2.24) is 9.55 Å². The van der Waals surface area contributed by atoms with Crippen molar-refractivity contribution in [1.29, 1.82) is 5.26 Å². The molecule has 5 heteroatoms. The van der Waals surface area contributed by atoms with Gasteiger partial charge in [0.05, 0.1) is 17.0 Å². The molecule has 0 aliphatic rings. The molecular formula is C16H11BrClN3. The number of nitrogens with zero attached hydrogens (tertiary/aromatic N) is 3. The lowest BCUT2D eigenvalue weighted by molar-refractivity contribution is 0.778. The van der Waals surface area contributed by atoms with Gasteiger partial charge in [0, 0.05) is 11.0 Å². The predicted molar refractivity (Wildman–Crippen MR) is 87.2 cm³/mol. The van der Waals surface area contributed by atoms with Crippen LogP contribution in [0, 0.1) is 11.3 Å². The molecule has 3 rings (SSSR count). The van der Waals surface area contributed by atoms with Crippen LogP contribution in [0.3, 0.4) is 0 Å². The summed E-state index contributed by atoms with van der Waals surface area (Å²) in [6.07, 6.45) is 0. The van der Waals surface area contributed by atoms with Crippen LogP contribution in [0.1, 0.15) is 17.0 Å². The fourth-order valence-electron chi connectivity index (χ4n) is 2.34. The lowest BCUT2D eigenvalue weighted by Gasteiger charge is -2.08. The highest BCUT2D eigenvalue weighted by molar-refractivity contribution is 9.10. The molecule has 0 atom stereocenters. The average Bonchev–Trinajstić information content (AvgIpc) is 2.87. The number of imidazole rings is 1. The quantitative estimate of drug-likeness (QED) is 0.647. The van der Waals surface area contributed by atoms with Gasteiger partial charge in [0.25, 0.3) is 0 Å². The SMILES string of the molecule is N#Cc1cccc2c1nc(CCl)n2Cc1ccc(Br)cc1. The zero-order valence-electron chi connectivity index (χ0n) is 11.1. The van der Waals surface area contributed by atoms with E-state index >= 15 is 0 Å². The molecule has 1 heterocycles. The maximum Gasteiger partial charge on any atom is 0.125 e. The highest BCUT2D eigenvalue weighted by atomic mass is 79.9. The number of fused-ring (bicyclic) bond motifs is 1. The molecule has 0 spiro atoms. The van der Waals surface area contributed by atoms with Crippen LogP contribution in [0.5, 0.6) is 0 Å². The minimum Gasteiger partial charge on any atom is -0.322 e. The number of aromatic nitrogens is 2. The van der Waals surface area contributed by atoms with Gasteiger partial charge in [-0.1, -0.05) is 34.1 Å². The fourth-order valence-corrected chi connectivity index (χ4v) is 2.80. The molecule has 0 N–H and O–H groups in total. The first kappa shape index (κ1) is 14.1. The van der Waals surface area contributed by atoms with Crippen molar-refractivity contribution < 1.29 is 0 Å². The zero-order valence-corrected chi connectivity index (χ0v) is 13.4. The van der Waals surface area contributed by atoms with Crippen LogP contribution in [0.25, 0.3) is 11.0 Å². The van der Waals surface area contributed by atoms with Gasteiger partial charge < -0.3 is 4.57 Å². The summed E-state index contributed by atoms with van der Waals surface area (Å²) in [6.45, 7) is 0.681. The molecule has 3 nitrogen and oxygen atoms in total. The molecule has 3 aromatic rings. The maximum absolute atomic E-state index is 9.19. The van der Waals surface area contributed by atoms with Crippen LogP contribution in [-0.2, 0) is 12.4 Å². The molecule has 0 radical (unpaired) electrons. The van der Waals surface area contributed by atoms with Crippen molar-refractivity contribution in [3.63, 3.8) is 0 Å². The van der Waals surface area contributed by atoms with Crippen LogP contribution >= 0.6 is 27.5 Å². The molecule has 0 aliphatic carbocycles. The Hall–Kier alpha value is -1.83. The van der Waals surface area contributed by atoms with E-state index in [1.807, 2.05) is 24.3 Å². The van der Waals surface area contributed by atoms with E-state index in [1.54, 1.807) is 6.07 Å². The van der Waals surface area contributed by atoms with Crippen molar-refractivity contribution in [2.75, 3.05) is 0 Å². The Kier molecular flexibility index (Phi) is 3.96. The summed E-state index contributed by atoms with van der Waals surface area (Å²) in [7, 11) is 0. The first-order chi connectivity index (χ1) is 10.2. The average molecular weight is 361 g/mol. The standard InChI is InChI=1S/C16H11BrClN3/c17-13-6-4-11(5-7-13)10-21-14-3-1-2-12(9-19)16(14)20-15(21)8-18/h1-7H,8,10H2. The highest BCUT2D eigenvalue weighted by Gasteiger charge is 2.13. The number of alkyl halides is 1. The van der Waals surface area contributed by atoms with Gasteiger partial charge in [0.2, 0.25) is 0 Å². The van der Waals surface area contributed by atoms with E-state index in [1.165, 1.54) is 0 Å². The van der Waals surface area contributed by atoms with Crippen LogP contribution < -0.4 is 0 Å². The Morgan fingerprint density at radius 1 is 1.19 bits per heavy atom. The van der Waals surface area contributed by atoms with Gasteiger partial charge in [-0.3, -0.25) is 0 Å². The third-order valence-electron chi connectivity index (χ3n) is 3.35. The predicted octanol–water partition coefficient (Wildman–Crippen LogP) is 4.46. The zero-order chi connectivity index (χ0) is 14.8. The number of hydrogen-bond donors (Lipinski definition) is 0. The topological polar surface area (TPSA) is 41.6 Å². The first-order valence-corrected chi connectivity index (χ1v) is 7.74. The lowest BCUT2D eigenvalue weighted by Crippen LogP contribution is -2.03. The van der Waals surface area contributed by atoms with E-state index in [4.69, 9.17) is 11.6 Å². The summed E-state index contributed by atoms with van der Waals surface area (Å²) < 4.78 is 3.11. The second-order valence-corrected chi connectivity index (χ2v) is 5.84. The number of halogens is 2. The Morgan fingerprint density at radius 2 is 1.95 bits per heavy atom. The largest absolute Gasteiger partial charge is 0.322 e. The number of benzene rings is 2. The Bertz CT molecular complexity index is 831. The van der Waals surface area contributed by atoms with E-state index in [0.29, 0.717) is 23.5 Å². The molecule has 21 heavy (non-hydrogen) atoms. The van der Waals surface area contributed by atoms with E-state index in [0.717, 1.165) is 21.4 Å². The molecule has 0 unspecified atom stereocenters. The molecule has 104 valence electrons. The van der Waals surface area contributed by atoms with Crippen LogP contribution in [0.4, 0.5) is 0 Å². The normalized spacial score (nSPS) is 10.7. The smallest absolute Gasteiger partial charge is 0.125 e. The summed E-state index contributed by atoms with van der Waals surface area (Å²) in [6, 6.07) is 15.9. The van der Waals surface area contributed by atoms with Crippen molar-refractivity contribution in [2.45, 2.75) is 12.4 Å². The van der Waals surface area contributed by atoms with E-state index < -0.39 is 0 Å². The maximum atomic E-state index is 9.19. The van der Waals surface area contributed by atoms with Crippen molar-refractivity contribution >= 4 is 38.6 Å². The highest BCUT2D eigenvalue weighted by Crippen LogP contribution is 2.22. The van der Waals surface area contributed by atoms with E-state index in [2.05, 4.69) is 43.7 Å². The van der Waals surface area contributed by atoms with Crippen LogP contribution in [0.2, 0.25) is 0 Å². The molecule has 1 aromatic heterocycles. The summed E-state index contributed by atoms with van der Waals surface area (Å²) in [5.41, 5.74) is 3.39. The van der Waals surface area contributed by atoms with Gasteiger partial charge in [0.15, 0.2) is 0 Å². The van der Waals surface area contributed by atoms with E-state index in [-0.39, 0.29) is 0 Å². The Labute approximate surface area is 135 Å². The number of hydrogen-bond acceptors (Lipinski definition) is 2. The summed E-state index contributed by atoms with van der Waals surface area (Å²) in [5.74, 6) is 1.09. The number of rotatable bonds is 3.